The topological polar surface area (TPSA) is 9.23 Å². The minimum atomic E-state index is -0.206. The number of alkyl halides is 1. The lowest BCUT2D eigenvalue weighted by Crippen LogP contribution is -1.95. The highest BCUT2D eigenvalue weighted by Crippen LogP contribution is 2.27. The summed E-state index contributed by atoms with van der Waals surface area (Å²) in [6, 6.07) is 14.5. The number of methoxy groups -OCH3 is 1. The fourth-order valence-corrected chi connectivity index (χ4v) is 2.44. The highest BCUT2D eigenvalue weighted by atomic mass is 79.9. The Labute approximate surface area is 115 Å². The number of rotatable bonds is 4. The molecule has 0 N–H and O–H groups in total. The van der Waals surface area contributed by atoms with E-state index in [1.54, 1.807) is 19.2 Å². The molecule has 0 amide bonds. The van der Waals surface area contributed by atoms with Crippen LogP contribution < -0.4 is 4.74 Å². The highest BCUT2D eigenvalue weighted by Gasteiger charge is 2.08. The summed E-state index contributed by atoms with van der Waals surface area (Å²) in [4.78, 5) is 0.187. The van der Waals surface area contributed by atoms with Gasteiger partial charge in [0.15, 0.2) is 0 Å². The van der Waals surface area contributed by atoms with Gasteiger partial charge in [0.1, 0.15) is 11.6 Å². The van der Waals surface area contributed by atoms with E-state index in [1.807, 2.05) is 24.3 Å². The van der Waals surface area contributed by atoms with Crippen molar-refractivity contribution in [3.8, 4) is 5.75 Å². The summed E-state index contributed by atoms with van der Waals surface area (Å²) in [6.07, 6.45) is 0.857. The monoisotopic (exact) mass is 308 g/mol. The van der Waals surface area contributed by atoms with E-state index in [4.69, 9.17) is 4.74 Å². The molecule has 0 fully saturated rings. The lowest BCUT2D eigenvalue weighted by molar-refractivity contribution is 0.414. The molecule has 0 saturated carbocycles. The van der Waals surface area contributed by atoms with Crippen molar-refractivity contribution < 1.29 is 9.13 Å². The van der Waals surface area contributed by atoms with Gasteiger partial charge < -0.3 is 4.74 Å². The van der Waals surface area contributed by atoms with Crippen molar-refractivity contribution in [2.24, 2.45) is 0 Å². The van der Waals surface area contributed by atoms with Crippen LogP contribution in [0.25, 0.3) is 0 Å². The minimum absolute atomic E-state index is 0.187. The van der Waals surface area contributed by atoms with Crippen molar-refractivity contribution >= 4 is 15.9 Å². The van der Waals surface area contributed by atoms with Gasteiger partial charge in [-0.25, -0.2) is 4.39 Å². The van der Waals surface area contributed by atoms with Crippen molar-refractivity contribution in [3.63, 3.8) is 0 Å². The molecule has 3 heteroatoms. The number of benzene rings is 2. The molecule has 0 aromatic heterocycles. The Hall–Kier alpha value is -1.35. The van der Waals surface area contributed by atoms with Crippen molar-refractivity contribution in [2.75, 3.05) is 7.11 Å². The van der Waals surface area contributed by atoms with E-state index in [0.717, 1.165) is 17.7 Å². The van der Waals surface area contributed by atoms with Gasteiger partial charge in [-0.05, 0) is 41.8 Å². The molecule has 2 rings (SSSR count). The van der Waals surface area contributed by atoms with E-state index in [9.17, 15) is 4.39 Å². The molecule has 0 spiro atoms. The van der Waals surface area contributed by atoms with Gasteiger partial charge in [-0.1, -0.05) is 40.2 Å². The maximum Gasteiger partial charge on any atom is 0.123 e. The molecule has 18 heavy (non-hydrogen) atoms. The fourth-order valence-electron chi connectivity index (χ4n) is 1.76. The van der Waals surface area contributed by atoms with Crippen LogP contribution >= 0.6 is 15.9 Å². The average Bonchev–Trinajstić information content (AvgIpc) is 2.40. The Kier molecular flexibility index (Phi) is 4.37. The quantitative estimate of drug-likeness (QED) is 0.755. The van der Waals surface area contributed by atoms with Crippen molar-refractivity contribution in [3.05, 3.63) is 65.5 Å². The molecule has 1 unspecified atom stereocenters. The van der Waals surface area contributed by atoms with Crippen LogP contribution in [0.15, 0.2) is 48.5 Å². The van der Waals surface area contributed by atoms with Gasteiger partial charge in [0, 0.05) is 4.83 Å². The van der Waals surface area contributed by atoms with Gasteiger partial charge in [-0.2, -0.15) is 0 Å². The third kappa shape index (κ3) is 3.33. The first kappa shape index (κ1) is 13.1. The zero-order chi connectivity index (χ0) is 13.0. The van der Waals surface area contributed by atoms with Crippen LogP contribution in [0, 0.1) is 5.82 Å². The smallest absolute Gasteiger partial charge is 0.123 e. The molecule has 1 nitrogen and oxygen atoms in total. The van der Waals surface area contributed by atoms with Gasteiger partial charge in [0.05, 0.1) is 7.11 Å². The van der Waals surface area contributed by atoms with Crippen LogP contribution in [0.4, 0.5) is 4.39 Å². The Bertz CT molecular complexity index is 493. The second-order valence-electron chi connectivity index (χ2n) is 4.07. The highest BCUT2D eigenvalue weighted by molar-refractivity contribution is 9.09. The van der Waals surface area contributed by atoms with Crippen LogP contribution in [0.1, 0.15) is 16.0 Å². The maximum absolute atomic E-state index is 12.8. The first-order valence-electron chi connectivity index (χ1n) is 5.71. The van der Waals surface area contributed by atoms with E-state index >= 15 is 0 Å². The van der Waals surface area contributed by atoms with Gasteiger partial charge in [-0.3, -0.25) is 0 Å². The molecular weight excluding hydrogens is 295 g/mol. The number of hydrogen-bond acceptors (Lipinski definition) is 1. The van der Waals surface area contributed by atoms with Crippen LogP contribution in [0.5, 0.6) is 5.75 Å². The van der Waals surface area contributed by atoms with Crippen LogP contribution in [-0.2, 0) is 6.42 Å². The predicted octanol–water partition coefficient (Wildman–Crippen LogP) is 4.51. The molecule has 2 aromatic rings. The summed E-state index contributed by atoms with van der Waals surface area (Å²) >= 11 is 3.63. The second kappa shape index (κ2) is 6.01. The molecule has 0 aliphatic rings. The van der Waals surface area contributed by atoms with E-state index < -0.39 is 0 Å². The molecule has 0 bridgehead atoms. The van der Waals surface area contributed by atoms with E-state index in [2.05, 4.69) is 15.9 Å². The Morgan fingerprint density at radius 3 is 2.22 bits per heavy atom. The molecule has 2 aromatic carbocycles. The van der Waals surface area contributed by atoms with Crippen LogP contribution in [0.2, 0.25) is 0 Å². The van der Waals surface area contributed by atoms with E-state index in [-0.39, 0.29) is 10.6 Å². The lowest BCUT2D eigenvalue weighted by atomic mass is 10.0. The first-order chi connectivity index (χ1) is 8.69. The largest absolute Gasteiger partial charge is 0.497 e. The Balaban J connectivity index is 2.05. The second-order valence-corrected chi connectivity index (χ2v) is 5.18. The summed E-state index contributed by atoms with van der Waals surface area (Å²) < 4.78 is 17.9. The average molecular weight is 309 g/mol. The number of hydrogen-bond donors (Lipinski definition) is 0. The van der Waals surface area contributed by atoms with Gasteiger partial charge in [-0.15, -0.1) is 0 Å². The molecule has 0 radical (unpaired) electrons. The zero-order valence-electron chi connectivity index (χ0n) is 10.1. The van der Waals surface area contributed by atoms with Gasteiger partial charge in [0.25, 0.3) is 0 Å². The van der Waals surface area contributed by atoms with Gasteiger partial charge >= 0.3 is 0 Å². The summed E-state index contributed by atoms with van der Waals surface area (Å²) in [7, 11) is 1.65. The summed E-state index contributed by atoms with van der Waals surface area (Å²) in [6.45, 7) is 0. The molecule has 94 valence electrons. The lowest BCUT2D eigenvalue weighted by Gasteiger charge is -2.10. The van der Waals surface area contributed by atoms with Crippen molar-refractivity contribution in [1.82, 2.24) is 0 Å². The summed E-state index contributed by atoms with van der Waals surface area (Å²) in [5.41, 5.74) is 2.29. The molecule has 0 aliphatic carbocycles. The predicted molar refractivity (Wildman–Crippen MR) is 74.8 cm³/mol. The van der Waals surface area contributed by atoms with Crippen molar-refractivity contribution in [2.45, 2.75) is 11.2 Å². The first-order valence-corrected chi connectivity index (χ1v) is 6.63. The third-order valence-corrected chi connectivity index (χ3v) is 3.66. The van der Waals surface area contributed by atoms with E-state index in [0.29, 0.717) is 0 Å². The van der Waals surface area contributed by atoms with Crippen LogP contribution in [-0.4, -0.2) is 7.11 Å². The van der Waals surface area contributed by atoms with Crippen LogP contribution in [0.3, 0.4) is 0 Å². The van der Waals surface area contributed by atoms with Gasteiger partial charge in [0.2, 0.25) is 0 Å². The number of halogens is 2. The maximum atomic E-state index is 12.8. The van der Waals surface area contributed by atoms with Crippen molar-refractivity contribution in [1.29, 1.82) is 0 Å². The molecule has 0 heterocycles. The fraction of sp³-hybridized carbons (Fsp3) is 0.200. The molecule has 0 saturated heterocycles. The normalized spacial score (nSPS) is 12.2. The SMILES string of the molecule is COc1ccc(CC(Br)c2ccc(F)cc2)cc1. The Morgan fingerprint density at radius 1 is 1.06 bits per heavy atom. The molecule has 0 aliphatic heterocycles. The zero-order valence-corrected chi connectivity index (χ0v) is 11.7. The molecule has 1 atom stereocenters. The minimum Gasteiger partial charge on any atom is -0.497 e. The molecular formula is C15H14BrFO. The number of ether oxygens (including phenoxy) is 1. The van der Waals surface area contributed by atoms with E-state index in [1.165, 1.54) is 17.7 Å². The summed E-state index contributed by atoms with van der Waals surface area (Å²) in [5.74, 6) is 0.648. The standard InChI is InChI=1S/C15H14BrFO/c1-18-14-8-2-11(3-9-14)10-15(16)12-4-6-13(17)7-5-12/h2-9,15H,10H2,1H3. The summed E-state index contributed by atoms with van der Waals surface area (Å²) in [5, 5.41) is 0. The third-order valence-electron chi connectivity index (χ3n) is 2.81. The Morgan fingerprint density at radius 2 is 1.67 bits per heavy atom.